The van der Waals surface area contributed by atoms with E-state index in [4.69, 9.17) is 0 Å². The number of nitrogens with one attached hydrogen (secondary N) is 2. The average molecular weight is 247 g/mol. The number of nitrogens with zero attached hydrogens (tertiary/aromatic N) is 1. The second kappa shape index (κ2) is 4.33. The molecule has 2 aromatic rings. The van der Waals surface area contributed by atoms with Gasteiger partial charge in [-0.1, -0.05) is 6.07 Å². The number of thiophene rings is 1. The lowest BCUT2D eigenvalue weighted by atomic mass is 10.1. The number of hydrogen-bond donors (Lipinski definition) is 2. The second-order valence-corrected chi connectivity index (χ2v) is 5.16. The number of rotatable bonds is 2. The predicted octanol–water partition coefficient (Wildman–Crippen LogP) is 1.78. The smallest absolute Gasteiger partial charge is 0.256 e. The summed E-state index contributed by atoms with van der Waals surface area (Å²) in [4.78, 5) is 20.5. The van der Waals surface area contributed by atoms with Gasteiger partial charge in [0.1, 0.15) is 11.6 Å². The van der Waals surface area contributed by atoms with Gasteiger partial charge in [-0.25, -0.2) is 4.98 Å². The Balaban J connectivity index is 1.96. The van der Waals surface area contributed by atoms with Crippen molar-refractivity contribution < 1.29 is 0 Å². The van der Waals surface area contributed by atoms with Crippen LogP contribution in [0.4, 0.5) is 5.82 Å². The van der Waals surface area contributed by atoms with Gasteiger partial charge in [-0.3, -0.25) is 4.79 Å². The van der Waals surface area contributed by atoms with E-state index in [1.807, 2.05) is 11.4 Å². The first kappa shape index (κ1) is 10.5. The quantitative estimate of drug-likeness (QED) is 0.850. The van der Waals surface area contributed by atoms with Gasteiger partial charge < -0.3 is 10.3 Å². The summed E-state index contributed by atoms with van der Waals surface area (Å²) in [5.74, 6) is 1.51. The molecule has 0 radical (unpaired) electrons. The van der Waals surface area contributed by atoms with E-state index >= 15 is 0 Å². The molecule has 2 N–H and O–H groups in total. The molecule has 0 aliphatic carbocycles. The third-order valence-electron chi connectivity index (χ3n) is 2.88. The summed E-state index contributed by atoms with van der Waals surface area (Å²) in [6, 6.07) is 4.06. The Morgan fingerprint density at radius 1 is 1.47 bits per heavy atom. The highest BCUT2D eigenvalue weighted by atomic mass is 32.1. The van der Waals surface area contributed by atoms with Crippen LogP contribution in [0.1, 0.15) is 22.7 Å². The van der Waals surface area contributed by atoms with Crippen LogP contribution in [0, 0.1) is 0 Å². The lowest BCUT2D eigenvalue weighted by Gasteiger charge is -2.16. The van der Waals surface area contributed by atoms with Gasteiger partial charge in [0.05, 0.1) is 5.56 Å². The van der Waals surface area contributed by atoms with Crippen LogP contribution >= 0.6 is 11.3 Å². The molecule has 3 rings (SSSR count). The SMILES string of the molecule is O=c1[nH]c(Cc2cccs2)nc2c1CCCN2. The summed E-state index contributed by atoms with van der Waals surface area (Å²) in [6.07, 6.45) is 2.52. The van der Waals surface area contributed by atoms with E-state index < -0.39 is 0 Å². The molecule has 17 heavy (non-hydrogen) atoms. The Labute approximate surface area is 103 Å². The minimum absolute atomic E-state index is 0.00811. The zero-order valence-corrected chi connectivity index (χ0v) is 10.1. The molecule has 3 heterocycles. The van der Waals surface area contributed by atoms with Crippen LogP contribution in [0.5, 0.6) is 0 Å². The minimum atomic E-state index is 0.00811. The van der Waals surface area contributed by atoms with Gasteiger partial charge in [0.25, 0.3) is 5.56 Å². The fraction of sp³-hybridized carbons (Fsp3) is 0.333. The van der Waals surface area contributed by atoms with Gasteiger partial charge >= 0.3 is 0 Å². The second-order valence-electron chi connectivity index (χ2n) is 4.13. The number of aromatic nitrogens is 2. The minimum Gasteiger partial charge on any atom is -0.370 e. The van der Waals surface area contributed by atoms with Crippen molar-refractivity contribution in [1.29, 1.82) is 0 Å². The van der Waals surface area contributed by atoms with E-state index in [0.717, 1.165) is 36.6 Å². The summed E-state index contributed by atoms with van der Waals surface area (Å²) in [5.41, 5.74) is 0.805. The largest absolute Gasteiger partial charge is 0.370 e. The van der Waals surface area contributed by atoms with Crippen LogP contribution in [-0.4, -0.2) is 16.5 Å². The number of fused-ring (bicyclic) bond motifs is 1. The van der Waals surface area contributed by atoms with E-state index in [9.17, 15) is 4.79 Å². The third-order valence-corrected chi connectivity index (χ3v) is 3.76. The van der Waals surface area contributed by atoms with Crippen molar-refractivity contribution in [2.75, 3.05) is 11.9 Å². The van der Waals surface area contributed by atoms with E-state index in [2.05, 4.69) is 21.4 Å². The summed E-state index contributed by atoms with van der Waals surface area (Å²) in [7, 11) is 0. The first-order valence-corrected chi connectivity index (χ1v) is 6.59. The molecular weight excluding hydrogens is 234 g/mol. The summed E-state index contributed by atoms with van der Waals surface area (Å²) in [5, 5.41) is 5.23. The van der Waals surface area contributed by atoms with Crippen molar-refractivity contribution in [2.24, 2.45) is 0 Å². The average Bonchev–Trinajstić information content (AvgIpc) is 2.82. The lowest BCUT2D eigenvalue weighted by molar-refractivity contribution is 0.784. The molecule has 0 spiro atoms. The fourth-order valence-electron chi connectivity index (χ4n) is 2.06. The Morgan fingerprint density at radius 3 is 3.24 bits per heavy atom. The molecule has 5 heteroatoms. The van der Waals surface area contributed by atoms with Crippen molar-refractivity contribution in [3.63, 3.8) is 0 Å². The summed E-state index contributed by atoms with van der Waals surface area (Å²) in [6.45, 7) is 0.905. The Morgan fingerprint density at radius 2 is 2.41 bits per heavy atom. The van der Waals surface area contributed by atoms with Gasteiger partial charge in [-0.2, -0.15) is 0 Å². The highest BCUT2D eigenvalue weighted by molar-refractivity contribution is 7.09. The number of hydrogen-bond acceptors (Lipinski definition) is 4. The lowest BCUT2D eigenvalue weighted by Crippen LogP contribution is -2.25. The predicted molar refractivity (Wildman–Crippen MR) is 68.8 cm³/mol. The number of H-pyrrole nitrogens is 1. The van der Waals surface area contributed by atoms with Gasteiger partial charge in [-0.05, 0) is 24.3 Å². The van der Waals surface area contributed by atoms with Gasteiger partial charge in [-0.15, -0.1) is 11.3 Å². The van der Waals surface area contributed by atoms with E-state index in [-0.39, 0.29) is 5.56 Å². The fourth-order valence-corrected chi connectivity index (χ4v) is 2.77. The molecule has 0 unspecified atom stereocenters. The molecule has 0 aromatic carbocycles. The van der Waals surface area contributed by atoms with Crippen LogP contribution in [0.25, 0.3) is 0 Å². The van der Waals surface area contributed by atoms with Gasteiger partial charge in [0.15, 0.2) is 0 Å². The molecule has 0 atom stereocenters. The van der Waals surface area contributed by atoms with Crippen molar-refractivity contribution in [2.45, 2.75) is 19.3 Å². The molecule has 1 aliphatic heterocycles. The Kier molecular flexibility index (Phi) is 2.68. The summed E-state index contributed by atoms with van der Waals surface area (Å²) < 4.78 is 0. The van der Waals surface area contributed by atoms with Crippen LogP contribution in [-0.2, 0) is 12.8 Å². The highest BCUT2D eigenvalue weighted by Gasteiger charge is 2.15. The standard InChI is InChI=1S/C12H13N3OS/c16-12-9-4-1-5-13-11(9)14-10(15-12)7-8-3-2-6-17-8/h2-3,6H,1,4-5,7H2,(H2,13,14,15,16). The monoisotopic (exact) mass is 247 g/mol. The van der Waals surface area contributed by atoms with Crippen molar-refractivity contribution in [3.8, 4) is 0 Å². The molecule has 0 bridgehead atoms. The normalized spacial score (nSPS) is 14.1. The van der Waals surface area contributed by atoms with Crippen LogP contribution in [0.2, 0.25) is 0 Å². The maximum Gasteiger partial charge on any atom is 0.256 e. The zero-order valence-electron chi connectivity index (χ0n) is 9.32. The molecule has 2 aromatic heterocycles. The molecule has 0 saturated heterocycles. The molecular formula is C12H13N3OS. The molecule has 0 saturated carbocycles. The van der Waals surface area contributed by atoms with E-state index in [1.165, 1.54) is 4.88 Å². The molecule has 88 valence electrons. The van der Waals surface area contributed by atoms with Crippen molar-refractivity contribution >= 4 is 17.2 Å². The van der Waals surface area contributed by atoms with E-state index in [1.54, 1.807) is 11.3 Å². The van der Waals surface area contributed by atoms with Crippen LogP contribution in [0.3, 0.4) is 0 Å². The van der Waals surface area contributed by atoms with Crippen molar-refractivity contribution in [3.05, 3.63) is 44.1 Å². The van der Waals surface area contributed by atoms with Gasteiger partial charge in [0.2, 0.25) is 0 Å². The molecule has 4 nitrogen and oxygen atoms in total. The number of aromatic amines is 1. The Bertz CT molecular complexity index is 574. The molecule has 1 aliphatic rings. The highest BCUT2D eigenvalue weighted by Crippen LogP contribution is 2.17. The van der Waals surface area contributed by atoms with Crippen molar-refractivity contribution in [1.82, 2.24) is 9.97 Å². The third kappa shape index (κ3) is 2.10. The topological polar surface area (TPSA) is 57.8 Å². The summed E-state index contributed by atoms with van der Waals surface area (Å²) >= 11 is 1.68. The zero-order chi connectivity index (χ0) is 11.7. The first-order chi connectivity index (χ1) is 8.33. The maximum atomic E-state index is 11.9. The first-order valence-electron chi connectivity index (χ1n) is 5.71. The Hall–Kier alpha value is -1.62. The van der Waals surface area contributed by atoms with E-state index in [0.29, 0.717) is 6.42 Å². The maximum absolute atomic E-state index is 11.9. The molecule has 0 fully saturated rings. The van der Waals surface area contributed by atoms with Gasteiger partial charge in [0, 0.05) is 17.8 Å². The molecule has 0 amide bonds. The number of anilines is 1. The van der Waals surface area contributed by atoms with Crippen LogP contribution < -0.4 is 10.9 Å². The van der Waals surface area contributed by atoms with Crippen LogP contribution in [0.15, 0.2) is 22.3 Å².